The lowest BCUT2D eigenvalue weighted by Gasteiger charge is -2.27. The molecule has 1 aliphatic heterocycles. The van der Waals surface area contributed by atoms with Gasteiger partial charge in [-0.25, -0.2) is 9.37 Å². The number of aliphatic hydroxyl groups excluding tert-OH is 1. The van der Waals surface area contributed by atoms with E-state index >= 15 is 4.39 Å². The summed E-state index contributed by atoms with van der Waals surface area (Å²) in [6.07, 6.45) is 5.41. The van der Waals surface area contributed by atoms with Gasteiger partial charge in [0.25, 0.3) is 0 Å². The molecule has 4 aromatic rings. The molecule has 0 radical (unpaired) electrons. The number of likely N-dealkylation sites (N-methyl/N-ethyl adjacent to an activating group) is 1. The summed E-state index contributed by atoms with van der Waals surface area (Å²) in [5.74, 6) is -0.351. The Balaban J connectivity index is 1.72. The van der Waals surface area contributed by atoms with Crippen LogP contribution in [-0.4, -0.2) is 57.0 Å². The molecule has 0 fully saturated rings. The molecule has 1 N–H and O–H groups in total. The van der Waals surface area contributed by atoms with Gasteiger partial charge in [-0.1, -0.05) is 0 Å². The molecule has 0 saturated heterocycles. The summed E-state index contributed by atoms with van der Waals surface area (Å²) in [5.41, 5.74) is 5.95. The molecular weight excluding hydrogens is 423 g/mol. The third kappa shape index (κ3) is 3.79. The van der Waals surface area contributed by atoms with Gasteiger partial charge >= 0.3 is 0 Å². The fourth-order valence-electron chi connectivity index (χ4n) is 4.29. The Morgan fingerprint density at radius 2 is 1.97 bits per heavy atom. The average molecular weight is 449 g/mol. The number of benzene rings is 2. The number of methoxy groups -OCH3 is 1. The summed E-state index contributed by atoms with van der Waals surface area (Å²) >= 11 is 0. The van der Waals surface area contributed by atoms with Gasteiger partial charge in [-0.15, -0.1) is 0 Å². The quantitative estimate of drug-likeness (QED) is 0.513. The number of halogens is 1. The van der Waals surface area contributed by atoms with Crippen LogP contribution in [-0.2, 0) is 20.2 Å². The van der Waals surface area contributed by atoms with Crippen LogP contribution < -0.4 is 9.64 Å². The van der Waals surface area contributed by atoms with Crippen molar-refractivity contribution in [1.29, 1.82) is 0 Å². The molecule has 9 heteroatoms. The van der Waals surface area contributed by atoms with Crippen molar-refractivity contribution in [1.82, 2.24) is 24.6 Å². The van der Waals surface area contributed by atoms with Crippen LogP contribution in [0.15, 0.2) is 42.9 Å². The van der Waals surface area contributed by atoms with E-state index in [0.717, 1.165) is 40.1 Å². The Morgan fingerprint density at radius 3 is 2.70 bits per heavy atom. The fraction of sp³-hybridized carbons (Fsp3) is 0.292. The van der Waals surface area contributed by atoms with E-state index in [2.05, 4.69) is 15.0 Å². The minimum Gasteiger partial charge on any atom is -0.494 e. The van der Waals surface area contributed by atoms with Gasteiger partial charge in [0.1, 0.15) is 0 Å². The topological polar surface area (TPSA) is 79.5 Å². The van der Waals surface area contributed by atoms with Crippen molar-refractivity contribution in [3.8, 4) is 17.0 Å². The van der Waals surface area contributed by atoms with Crippen molar-refractivity contribution in [2.24, 2.45) is 7.05 Å². The van der Waals surface area contributed by atoms with E-state index in [0.29, 0.717) is 24.3 Å². The summed E-state index contributed by atoms with van der Waals surface area (Å²) in [4.78, 5) is 13.7. The minimum atomic E-state index is -0.458. The molecule has 0 atom stereocenters. The van der Waals surface area contributed by atoms with Crippen LogP contribution in [0, 0.1) is 5.82 Å². The predicted octanol–water partition coefficient (Wildman–Crippen LogP) is 3.25. The number of aliphatic hydroxyl groups is 1. The largest absolute Gasteiger partial charge is 0.494 e. The monoisotopic (exact) mass is 448 g/mol. The van der Waals surface area contributed by atoms with Gasteiger partial charge in [0, 0.05) is 49.7 Å². The van der Waals surface area contributed by atoms with Crippen LogP contribution in [0.4, 0.5) is 15.8 Å². The van der Waals surface area contributed by atoms with Crippen LogP contribution in [0.1, 0.15) is 11.1 Å². The second-order valence-electron chi connectivity index (χ2n) is 8.27. The molecule has 0 unspecified atom stereocenters. The SMILES string of the molecule is COc1cc(CO)cc(N2CCN(C)Cc3c2ccc2ncc(-c4cnn(C)c4)nc32)c1F. The van der Waals surface area contributed by atoms with Crippen molar-refractivity contribution in [2.45, 2.75) is 13.2 Å². The molecule has 1 aliphatic rings. The maximum absolute atomic E-state index is 15.4. The van der Waals surface area contributed by atoms with Crippen molar-refractivity contribution in [2.75, 3.05) is 32.1 Å². The molecule has 0 bridgehead atoms. The summed E-state index contributed by atoms with van der Waals surface area (Å²) in [6, 6.07) is 7.08. The molecule has 3 heterocycles. The molecule has 0 aliphatic carbocycles. The Labute approximate surface area is 190 Å². The Hall–Kier alpha value is -3.56. The van der Waals surface area contributed by atoms with Crippen LogP contribution in [0.2, 0.25) is 0 Å². The number of anilines is 2. The highest BCUT2D eigenvalue weighted by atomic mass is 19.1. The van der Waals surface area contributed by atoms with Gasteiger partial charge in [0.05, 0.1) is 48.5 Å². The summed E-state index contributed by atoms with van der Waals surface area (Å²) in [5, 5.41) is 14.0. The average Bonchev–Trinajstić information content (AvgIpc) is 3.18. The van der Waals surface area contributed by atoms with E-state index in [1.165, 1.54) is 13.2 Å². The first-order valence-corrected chi connectivity index (χ1v) is 10.7. The zero-order chi connectivity index (χ0) is 23.1. The van der Waals surface area contributed by atoms with Crippen LogP contribution in [0.5, 0.6) is 5.75 Å². The third-order valence-corrected chi connectivity index (χ3v) is 5.99. The highest BCUT2D eigenvalue weighted by Crippen LogP contribution is 2.39. The lowest BCUT2D eigenvalue weighted by molar-refractivity contribution is 0.280. The maximum Gasteiger partial charge on any atom is 0.188 e. The van der Waals surface area contributed by atoms with Crippen LogP contribution >= 0.6 is 0 Å². The molecule has 2 aromatic heterocycles. The lowest BCUT2D eigenvalue weighted by Crippen LogP contribution is -2.27. The molecule has 8 nitrogen and oxygen atoms in total. The summed E-state index contributed by atoms with van der Waals surface area (Å²) < 4.78 is 22.4. The van der Waals surface area contributed by atoms with E-state index in [1.54, 1.807) is 23.1 Å². The standard InChI is InChI=1S/C24H25FN6O2/c1-29-6-7-31(21-8-15(14-32)9-22(33-3)23(21)25)20-5-4-18-24(17(20)13-29)28-19(11-26-18)16-10-27-30(2)12-16/h4-5,8-12,32H,6-7,13-14H2,1-3H3. The summed E-state index contributed by atoms with van der Waals surface area (Å²) in [6.45, 7) is 1.73. The van der Waals surface area contributed by atoms with Crippen molar-refractivity contribution in [3.05, 3.63) is 59.8 Å². The number of hydrogen-bond donors (Lipinski definition) is 1. The molecule has 0 amide bonds. The molecule has 5 rings (SSSR count). The van der Waals surface area contributed by atoms with Crippen molar-refractivity contribution >= 4 is 22.4 Å². The highest BCUT2D eigenvalue weighted by Gasteiger charge is 2.26. The van der Waals surface area contributed by atoms with Crippen molar-refractivity contribution in [3.63, 3.8) is 0 Å². The zero-order valence-corrected chi connectivity index (χ0v) is 18.8. The number of ether oxygens (including phenoxy) is 1. The Kier molecular flexibility index (Phi) is 5.43. The van der Waals surface area contributed by atoms with Gasteiger partial charge in [-0.05, 0) is 36.9 Å². The number of nitrogens with zero attached hydrogens (tertiary/aromatic N) is 6. The minimum absolute atomic E-state index is 0.107. The van der Waals surface area contributed by atoms with Gasteiger partial charge in [0.15, 0.2) is 11.6 Å². The van der Waals surface area contributed by atoms with Crippen molar-refractivity contribution < 1.29 is 14.2 Å². The Morgan fingerprint density at radius 1 is 1.12 bits per heavy atom. The van der Waals surface area contributed by atoms with Gasteiger partial charge < -0.3 is 19.6 Å². The van der Waals surface area contributed by atoms with Gasteiger partial charge in [0.2, 0.25) is 0 Å². The molecule has 170 valence electrons. The lowest BCUT2D eigenvalue weighted by atomic mass is 10.1. The van der Waals surface area contributed by atoms with E-state index in [-0.39, 0.29) is 12.4 Å². The van der Waals surface area contributed by atoms with Gasteiger partial charge in [-0.2, -0.15) is 5.10 Å². The second-order valence-corrected chi connectivity index (χ2v) is 8.27. The normalized spacial score (nSPS) is 14.4. The Bertz CT molecular complexity index is 1340. The molecule has 0 spiro atoms. The number of aryl methyl sites for hydroxylation is 1. The first-order chi connectivity index (χ1) is 16.0. The smallest absolute Gasteiger partial charge is 0.188 e. The van der Waals surface area contributed by atoms with Crippen LogP contribution in [0.25, 0.3) is 22.3 Å². The first-order valence-electron chi connectivity index (χ1n) is 10.7. The highest BCUT2D eigenvalue weighted by molar-refractivity contribution is 5.87. The number of rotatable bonds is 4. The van der Waals surface area contributed by atoms with E-state index in [9.17, 15) is 5.11 Å². The number of aromatic nitrogens is 4. The van der Waals surface area contributed by atoms with E-state index in [1.807, 2.05) is 37.3 Å². The third-order valence-electron chi connectivity index (χ3n) is 5.99. The second kappa shape index (κ2) is 8.42. The summed E-state index contributed by atoms with van der Waals surface area (Å²) in [7, 11) is 5.32. The van der Waals surface area contributed by atoms with Gasteiger partial charge in [-0.3, -0.25) is 9.67 Å². The predicted molar refractivity (Wildman–Crippen MR) is 124 cm³/mol. The van der Waals surface area contributed by atoms with Crippen LogP contribution in [0.3, 0.4) is 0 Å². The zero-order valence-electron chi connectivity index (χ0n) is 18.8. The molecular formula is C24H25FN6O2. The van der Waals surface area contributed by atoms with E-state index < -0.39 is 5.82 Å². The molecule has 0 saturated carbocycles. The number of hydrogen-bond acceptors (Lipinski definition) is 7. The number of fused-ring (bicyclic) bond motifs is 3. The fourth-order valence-corrected chi connectivity index (χ4v) is 4.29. The first kappa shape index (κ1) is 21.3. The maximum atomic E-state index is 15.4. The molecule has 2 aromatic carbocycles. The molecule has 33 heavy (non-hydrogen) atoms. The van der Waals surface area contributed by atoms with E-state index in [4.69, 9.17) is 9.72 Å².